The minimum atomic E-state index is -0.276. The van der Waals surface area contributed by atoms with E-state index >= 15 is 0 Å². The second-order valence-electron chi connectivity index (χ2n) is 5.95. The van der Waals surface area contributed by atoms with E-state index < -0.39 is 0 Å². The van der Waals surface area contributed by atoms with Crippen LogP contribution >= 0.6 is 11.6 Å². The minimum Gasteiger partial charge on any atom is -0.347 e. The molecule has 0 saturated carbocycles. The third kappa shape index (κ3) is 4.58. The van der Waals surface area contributed by atoms with Crippen molar-refractivity contribution in [2.24, 2.45) is 0 Å². The van der Waals surface area contributed by atoms with Crippen molar-refractivity contribution >= 4 is 29.0 Å². The predicted molar refractivity (Wildman–Crippen MR) is 104 cm³/mol. The first-order valence-corrected chi connectivity index (χ1v) is 8.60. The van der Waals surface area contributed by atoms with E-state index in [-0.39, 0.29) is 5.91 Å². The Morgan fingerprint density at radius 3 is 2.50 bits per heavy atom. The highest BCUT2D eigenvalue weighted by atomic mass is 35.5. The molecule has 3 aromatic rings. The van der Waals surface area contributed by atoms with Crippen LogP contribution in [-0.4, -0.2) is 15.9 Å². The standard InChI is InChI=1S/C20H19ClN4O/c1-13-7-9-16(10-8-13)25-19-11-18(23-14(2)24-19)20(26)22-12-15-5-3-4-6-17(15)21/h3-11H,12H2,1-2H3,(H,22,26)(H,23,24,25). The molecule has 0 spiro atoms. The normalized spacial score (nSPS) is 10.4. The van der Waals surface area contributed by atoms with Crippen LogP contribution in [0.15, 0.2) is 54.6 Å². The first-order valence-electron chi connectivity index (χ1n) is 8.22. The molecule has 0 aliphatic carbocycles. The SMILES string of the molecule is Cc1ccc(Nc2cc(C(=O)NCc3ccccc3Cl)nc(C)n2)cc1. The van der Waals surface area contributed by atoms with Gasteiger partial charge in [-0.2, -0.15) is 0 Å². The lowest BCUT2D eigenvalue weighted by Gasteiger charge is -2.10. The molecule has 0 radical (unpaired) electrons. The Morgan fingerprint density at radius 1 is 1.04 bits per heavy atom. The number of nitrogens with zero attached hydrogens (tertiary/aromatic N) is 2. The van der Waals surface area contributed by atoms with Crippen molar-refractivity contribution in [3.63, 3.8) is 0 Å². The zero-order chi connectivity index (χ0) is 18.5. The van der Waals surface area contributed by atoms with E-state index in [1.54, 1.807) is 19.1 Å². The molecule has 0 atom stereocenters. The Hall–Kier alpha value is -2.92. The molecule has 0 fully saturated rings. The van der Waals surface area contributed by atoms with Crippen LogP contribution in [0.5, 0.6) is 0 Å². The van der Waals surface area contributed by atoms with Crippen LogP contribution in [0.2, 0.25) is 5.02 Å². The maximum Gasteiger partial charge on any atom is 0.270 e. The monoisotopic (exact) mass is 366 g/mol. The van der Waals surface area contributed by atoms with Gasteiger partial charge in [-0.25, -0.2) is 9.97 Å². The van der Waals surface area contributed by atoms with Crippen LogP contribution in [0.4, 0.5) is 11.5 Å². The maximum atomic E-state index is 12.5. The number of aryl methyl sites for hydroxylation is 2. The number of nitrogens with one attached hydrogen (secondary N) is 2. The molecule has 0 bridgehead atoms. The summed E-state index contributed by atoms with van der Waals surface area (Å²) >= 11 is 6.12. The van der Waals surface area contributed by atoms with Crippen LogP contribution < -0.4 is 10.6 Å². The highest BCUT2D eigenvalue weighted by molar-refractivity contribution is 6.31. The number of aromatic nitrogens is 2. The molecule has 26 heavy (non-hydrogen) atoms. The van der Waals surface area contributed by atoms with Crippen molar-refractivity contribution in [3.8, 4) is 0 Å². The minimum absolute atomic E-state index is 0.276. The number of amides is 1. The van der Waals surface area contributed by atoms with E-state index in [4.69, 9.17) is 11.6 Å². The zero-order valence-corrected chi connectivity index (χ0v) is 15.3. The van der Waals surface area contributed by atoms with Gasteiger partial charge in [0.05, 0.1) is 0 Å². The van der Waals surface area contributed by atoms with Gasteiger partial charge in [0.2, 0.25) is 0 Å². The highest BCUT2D eigenvalue weighted by Crippen LogP contribution is 2.17. The average Bonchev–Trinajstić information content (AvgIpc) is 2.62. The van der Waals surface area contributed by atoms with Gasteiger partial charge in [-0.1, -0.05) is 47.5 Å². The molecule has 0 saturated heterocycles. The molecule has 6 heteroatoms. The predicted octanol–water partition coefficient (Wildman–Crippen LogP) is 4.42. The van der Waals surface area contributed by atoms with Crippen molar-refractivity contribution in [2.45, 2.75) is 20.4 Å². The smallest absolute Gasteiger partial charge is 0.270 e. The third-order valence-electron chi connectivity index (χ3n) is 3.79. The van der Waals surface area contributed by atoms with Crippen molar-refractivity contribution in [1.29, 1.82) is 0 Å². The zero-order valence-electron chi connectivity index (χ0n) is 14.6. The number of hydrogen-bond donors (Lipinski definition) is 2. The van der Waals surface area contributed by atoms with Gasteiger partial charge < -0.3 is 10.6 Å². The van der Waals surface area contributed by atoms with Gasteiger partial charge in [0.15, 0.2) is 0 Å². The fourth-order valence-corrected chi connectivity index (χ4v) is 2.64. The van der Waals surface area contributed by atoms with Gasteiger partial charge in [-0.05, 0) is 37.6 Å². The van der Waals surface area contributed by atoms with E-state index in [2.05, 4.69) is 20.6 Å². The highest BCUT2D eigenvalue weighted by Gasteiger charge is 2.11. The van der Waals surface area contributed by atoms with Crippen LogP contribution in [0.3, 0.4) is 0 Å². The molecule has 1 amide bonds. The van der Waals surface area contributed by atoms with E-state index in [1.165, 1.54) is 5.56 Å². The Morgan fingerprint density at radius 2 is 1.77 bits per heavy atom. The number of hydrogen-bond acceptors (Lipinski definition) is 4. The molecule has 2 aromatic carbocycles. The fraction of sp³-hybridized carbons (Fsp3) is 0.150. The van der Waals surface area contributed by atoms with Gasteiger partial charge in [0, 0.05) is 23.3 Å². The summed E-state index contributed by atoms with van der Waals surface area (Å²) < 4.78 is 0. The summed E-state index contributed by atoms with van der Waals surface area (Å²) in [5.74, 6) is 0.816. The summed E-state index contributed by atoms with van der Waals surface area (Å²) in [6.45, 7) is 4.12. The summed E-state index contributed by atoms with van der Waals surface area (Å²) in [5, 5.41) is 6.66. The number of rotatable bonds is 5. The number of carbonyl (C=O) groups excluding carboxylic acids is 1. The Labute approximate surface area is 157 Å². The van der Waals surface area contributed by atoms with Crippen molar-refractivity contribution in [1.82, 2.24) is 15.3 Å². The van der Waals surface area contributed by atoms with E-state index in [1.807, 2.05) is 49.4 Å². The van der Waals surface area contributed by atoms with Gasteiger partial charge in [-0.15, -0.1) is 0 Å². The van der Waals surface area contributed by atoms with Gasteiger partial charge in [0.25, 0.3) is 5.91 Å². The van der Waals surface area contributed by atoms with Crippen LogP contribution in [-0.2, 0) is 6.54 Å². The molecule has 2 N–H and O–H groups in total. The van der Waals surface area contributed by atoms with Crippen LogP contribution in [0.1, 0.15) is 27.4 Å². The fourth-order valence-electron chi connectivity index (χ4n) is 2.44. The number of carbonyl (C=O) groups is 1. The third-order valence-corrected chi connectivity index (χ3v) is 4.16. The summed E-state index contributed by atoms with van der Waals surface area (Å²) in [6, 6.07) is 17.0. The summed E-state index contributed by atoms with van der Waals surface area (Å²) in [7, 11) is 0. The molecule has 5 nitrogen and oxygen atoms in total. The Kier molecular flexibility index (Phi) is 5.49. The molecule has 1 heterocycles. The average molecular weight is 367 g/mol. The van der Waals surface area contributed by atoms with E-state index in [0.29, 0.717) is 28.9 Å². The van der Waals surface area contributed by atoms with Crippen molar-refractivity contribution in [2.75, 3.05) is 5.32 Å². The lowest BCUT2D eigenvalue weighted by atomic mass is 10.2. The van der Waals surface area contributed by atoms with Gasteiger partial charge in [0.1, 0.15) is 17.3 Å². The Balaban J connectivity index is 1.73. The van der Waals surface area contributed by atoms with Gasteiger partial charge in [-0.3, -0.25) is 4.79 Å². The summed E-state index contributed by atoms with van der Waals surface area (Å²) in [4.78, 5) is 21.0. The van der Waals surface area contributed by atoms with Crippen molar-refractivity contribution < 1.29 is 4.79 Å². The molecular formula is C20H19ClN4O. The van der Waals surface area contributed by atoms with E-state index in [9.17, 15) is 4.79 Å². The largest absolute Gasteiger partial charge is 0.347 e. The molecule has 1 aromatic heterocycles. The molecule has 0 aliphatic rings. The number of anilines is 2. The maximum absolute atomic E-state index is 12.5. The quantitative estimate of drug-likeness (QED) is 0.701. The topological polar surface area (TPSA) is 66.9 Å². The lowest BCUT2D eigenvalue weighted by Crippen LogP contribution is -2.24. The molecule has 0 unspecified atom stereocenters. The second-order valence-corrected chi connectivity index (χ2v) is 6.36. The lowest BCUT2D eigenvalue weighted by molar-refractivity contribution is 0.0945. The first-order chi connectivity index (χ1) is 12.5. The molecule has 3 rings (SSSR count). The molecule has 0 aliphatic heterocycles. The first kappa shape index (κ1) is 17.9. The van der Waals surface area contributed by atoms with Crippen LogP contribution in [0, 0.1) is 13.8 Å². The molecular weight excluding hydrogens is 348 g/mol. The van der Waals surface area contributed by atoms with Crippen molar-refractivity contribution in [3.05, 3.63) is 82.3 Å². The Bertz CT molecular complexity index is 925. The second kappa shape index (κ2) is 7.97. The number of benzene rings is 2. The number of halogens is 1. The van der Waals surface area contributed by atoms with E-state index in [0.717, 1.165) is 11.3 Å². The summed E-state index contributed by atoms with van der Waals surface area (Å²) in [6.07, 6.45) is 0. The van der Waals surface area contributed by atoms with Crippen LogP contribution in [0.25, 0.3) is 0 Å². The summed E-state index contributed by atoms with van der Waals surface area (Å²) in [5.41, 5.74) is 3.23. The molecule has 132 valence electrons. The van der Waals surface area contributed by atoms with Gasteiger partial charge >= 0.3 is 0 Å².